The normalized spacial score (nSPS) is 21.7. The van der Waals surface area contributed by atoms with Crippen molar-refractivity contribution in [3.05, 3.63) is 35.6 Å². The second-order valence-electron chi connectivity index (χ2n) is 5.17. The number of hydrogen-bond donors (Lipinski definition) is 2. The van der Waals surface area contributed by atoms with E-state index in [0.29, 0.717) is 0 Å². The van der Waals surface area contributed by atoms with Gasteiger partial charge in [0.2, 0.25) is 0 Å². The van der Waals surface area contributed by atoms with Crippen LogP contribution < -0.4 is 5.32 Å². The van der Waals surface area contributed by atoms with E-state index in [9.17, 15) is 9.50 Å². The summed E-state index contributed by atoms with van der Waals surface area (Å²) < 4.78 is 13.8. The highest BCUT2D eigenvalue weighted by atomic mass is 19.1. The number of halogens is 1. The minimum absolute atomic E-state index is 0.0288. The number of aliphatic hydroxyl groups is 1. The molecule has 0 radical (unpaired) electrons. The second-order valence-corrected chi connectivity index (χ2v) is 5.17. The van der Waals surface area contributed by atoms with Crippen molar-refractivity contribution in [2.75, 3.05) is 26.7 Å². The van der Waals surface area contributed by atoms with Crippen LogP contribution >= 0.6 is 0 Å². The largest absolute Gasteiger partial charge is 0.395 e. The molecule has 0 aliphatic carbocycles. The van der Waals surface area contributed by atoms with E-state index in [-0.39, 0.29) is 24.5 Å². The van der Waals surface area contributed by atoms with Crippen LogP contribution in [0.2, 0.25) is 0 Å². The Morgan fingerprint density at radius 3 is 2.95 bits per heavy atom. The van der Waals surface area contributed by atoms with Gasteiger partial charge in [0, 0.05) is 24.2 Å². The molecule has 1 aliphatic rings. The van der Waals surface area contributed by atoms with Gasteiger partial charge in [-0.25, -0.2) is 4.39 Å². The van der Waals surface area contributed by atoms with Crippen molar-refractivity contribution in [2.45, 2.75) is 31.3 Å². The molecule has 2 atom stereocenters. The average Bonchev–Trinajstić information content (AvgIpc) is 2.88. The fourth-order valence-electron chi connectivity index (χ4n) is 2.90. The second kappa shape index (κ2) is 6.98. The molecule has 3 nitrogen and oxygen atoms in total. The molecule has 0 saturated carbocycles. The fraction of sp³-hybridized carbons (Fsp3) is 0.600. The molecule has 0 aromatic heterocycles. The maximum Gasteiger partial charge on any atom is 0.127 e. The summed E-state index contributed by atoms with van der Waals surface area (Å²) in [5.41, 5.74) is 0.727. The first-order chi connectivity index (χ1) is 9.26. The van der Waals surface area contributed by atoms with Gasteiger partial charge in [-0.05, 0) is 38.9 Å². The molecular formula is C15H23FN2O. The van der Waals surface area contributed by atoms with Crippen LogP contribution in [0.15, 0.2) is 24.3 Å². The predicted octanol–water partition coefficient (Wildman–Crippen LogP) is 1.93. The van der Waals surface area contributed by atoms with E-state index in [1.807, 2.05) is 19.2 Å². The number of nitrogens with zero attached hydrogens (tertiary/aromatic N) is 1. The Morgan fingerprint density at radius 1 is 1.47 bits per heavy atom. The highest BCUT2D eigenvalue weighted by molar-refractivity contribution is 5.21. The van der Waals surface area contributed by atoms with Gasteiger partial charge >= 0.3 is 0 Å². The molecule has 2 rings (SSSR count). The molecule has 0 bridgehead atoms. The van der Waals surface area contributed by atoms with Crippen molar-refractivity contribution in [3.8, 4) is 0 Å². The lowest BCUT2D eigenvalue weighted by Crippen LogP contribution is -2.34. The van der Waals surface area contributed by atoms with E-state index in [4.69, 9.17) is 0 Å². The van der Waals surface area contributed by atoms with Crippen molar-refractivity contribution >= 4 is 0 Å². The Hall–Kier alpha value is -0.970. The van der Waals surface area contributed by atoms with Crippen LogP contribution in [0.1, 0.15) is 30.9 Å². The highest BCUT2D eigenvalue weighted by Crippen LogP contribution is 2.23. The van der Waals surface area contributed by atoms with Gasteiger partial charge in [-0.1, -0.05) is 18.2 Å². The zero-order chi connectivity index (χ0) is 13.7. The van der Waals surface area contributed by atoms with E-state index in [0.717, 1.165) is 37.9 Å². The molecule has 2 N–H and O–H groups in total. The molecule has 1 saturated heterocycles. The van der Waals surface area contributed by atoms with Gasteiger partial charge in [0.15, 0.2) is 0 Å². The maximum atomic E-state index is 13.8. The Kier molecular flexibility index (Phi) is 5.31. The maximum absolute atomic E-state index is 13.8. The van der Waals surface area contributed by atoms with Gasteiger partial charge in [-0.15, -0.1) is 0 Å². The summed E-state index contributed by atoms with van der Waals surface area (Å²) in [6.07, 6.45) is 3.07. The highest BCUT2D eigenvalue weighted by Gasteiger charge is 2.24. The van der Waals surface area contributed by atoms with E-state index in [1.54, 1.807) is 6.07 Å². The van der Waals surface area contributed by atoms with Crippen LogP contribution in [0.4, 0.5) is 4.39 Å². The quantitative estimate of drug-likeness (QED) is 0.826. The number of benzene rings is 1. The monoisotopic (exact) mass is 266 g/mol. The summed E-state index contributed by atoms with van der Waals surface area (Å²) in [6, 6.07) is 7.25. The lowest BCUT2D eigenvalue weighted by molar-refractivity contribution is 0.154. The van der Waals surface area contributed by atoms with Crippen LogP contribution in [-0.2, 0) is 0 Å². The van der Waals surface area contributed by atoms with Gasteiger partial charge in [-0.2, -0.15) is 0 Å². The van der Waals surface area contributed by atoms with Crippen molar-refractivity contribution in [1.82, 2.24) is 10.2 Å². The molecule has 1 aliphatic heterocycles. The number of rotatable bonds is 6. The molecule has 1 heterocycles. The first-order valence-electron chi connectivity index (χ1n) is 7.03. The summed E-state index contributed by atoms with van der Waals surface area (Å²) in [5.74, 6) is -0.151. The molecule has 106 valence electrons. The van der Waals surface area contributed by atoms with Crippen molar-refractivity contribution < 1.29 is 9.50 Å². The molecule has 2 unspecified atom stereocenters. The summed E-state index contributed by atoms with van der Waals surface area (Å²) in [4.78, 5) is 2.31. The number of aliphatic hydroxyl groups excluding tert-OH is 1. The SMILES string of the molecule is CNC(CCN1CCCC1CO)c1ccccc1F. The first-order valence-corrected chi connectivity index (χ1v) is 7.03. The summed E-state index contributed by atoms with van der Waals surface area (Å²) in [6.45, 7) is 2.16. The van der Waals surface area contributed by atoms with Gasteiger partial charge < -0.3 is 10.4 Å². The van der Waals surface area contributed by atoms with E-state index < -0.39 is 0 Å². The molecular weight excluding hydrogens is 243 g/mol. The third kappa shape index (κ3) is 3.53. The number of likely N-dealkylation sites (tertiary alicyclic amines) is 1. The average molecular weight is 266 g/mol. The third-order valence-corrected chi connectivity index (χ3v) is 4.04. The Morgan fingerprint density at radius 2 is 2.26 bits per heavy atom. The van der Waals surface area contributed by atoms with Crippen LogP contribution in [0, 0.1) is 5.82 Å². The Balaban J connectivity index is 1.95. The van der Waals surface area contributed by atoms with Gasteiger partial charge in [0.1, 0.15) is 5.82 Å². The zero-order valence-corrected chi connectivity index (χ0v) is 11.5. The molecule has 4 heteroatoms. The first kappa shape index (κ1) is 14.4. The topological polar surface area (TPSA) is 35.5 Å². The Bertz CT molecular complexity index is 399. The number of hydrogen-bond acceptors (Lipinski definition) is 3. The van der Waals surface area contributed by atoms with E-state index in [2.05, 4.69) is 10.2 Å². The smallest absolute Gasteiger partial charge is 0.127 e. The molecule has 1 aromatic rings. The van der Waals surface area contributed by atoms with Gasteiger partial charge in [-0.3, -0.25) is 4.90 Å². The van der Waals surface area contributed by atoms with Crippen LogP contribution in [0.5, 0.6) is 0 Å². The van der Waals surface area contributed by atoms with E-state index in [1.165, 1.54) is 6.07 Å². The lowest BCUT2D eigenvalue weighted by Gasteiger charge is -2.25. The molecule has 0 amide bonds. The van der Waals surface area contributed by atoms with Gasteiger partial charge in [0.05, 0.1) is 6.61 Å². The summed E-state index contributed by atoms with van der Waals surface area (Å²) >= 11 is 0. The standard InChI is InChI=1S/C15H23FN2O/c1-17-15(13-6-2-3-7-14(13)16)8-10-18-9-4-5-12(18)11-19/h2-3,6-7,12,15,17,19H,4-5,8-11H2,1H3. The van der Waals surface area contributed by atoms with Crippen LogP contribution in [-0.4, -0.2) is 42.8 Å². The fourth-order valence-corrected chi connectivity index (χ4v) is 2.90. The summed E-state index contributed by atoms with van der Waals surface area (Å²) in [7, 11) is 1.87. The van der Waals surface area contributed by atoms with Crippen molar-refractivity contribution in [1.29, 1.82) is 0 Å². The van der Waals surface area contributed by atoms with Crippen LogP contribution in [0.3, 0.4) is 0 Å². The number of nitrogens with one attached hydrogen (secondary N) is 1. The minimum Gasteiger partial charge on any atom is -0.395 e. The van der Waals surface area contributed by atoms with E-state index >= 15 is 0 Å². The lowest BCUT2D eigenvalue weighted by atomic mass is 10.0. The molecule has 0 spiro atoms. The van der Waals surface area contributed by atoms with Gasteiger partial charge in [0.25, 0.3) is 0 Å². The Labute approximate surface area is 114 Å². The third-order valence-electron chi connectivity index (χ3n) is 4.04. The zero-order valence-electron chi connectivity index (χ0n) is 11.5. The van der Waals surface area contributed by atoms with Crippen molar-refractivity contribution in [3.63, 3.8) is 0 Å². The molecule has 1 fully saturated rings. The predicted molar refractivity (Wildman–Crippen MR) is 74.5 cm³/mol. The van der Waals surface area contributed by atoms with Crippen LogP contribution in [0.25, 0.3) is 0 Å². The molecule has 1 aromatic carbocycles. The minimum atomic E-state index is -0.151. The molecule has 19 heavy (non-hydrogen) atoms. The summed E-state index contributed by atoms with van der Waals surface area (Å²) in [5, 5.41) is 12.5. The van der Waals surface area contributed by atoms with Crippen molar-refractivity contribution in [2.24, 2.45) is 0 Å².